The minimum atomic E-state index is 0.289. The fourth-order valence-electron chi connectivity index (χ4n) is 2.36. The molecule has 1 rings (SSSR count). The average Bonchev–Trinajstić information content (AvgIpc) is 2.30. The molecule has 1 aromatic rings. The smallest absolute Gasteiger partial charge is 0.00175 e. The molecule has 1 aromatic carbocycles. The van der Waals surface area contributed by atoms with Gasteiger partial charge in [0.2, 0.25) is 0 Å². The summed E-state index contributed by atoms with van der Waals surface area (Å²) < 4.78 is 0. The normalized spacial score (nSPS) is 11.8. The van der Waals surface area contributed by atoms with E-state index in [1.54, 1.807) is 0 Å². The van der Waals surface area contributed by atoms with Crippen LogP contribution >= 0.6 is 0 Å². The molecule has 0 heterocycles. The molecule has 0 aromatic heterocycles. The second-order valence-electron chi connectivity index (χ2n) is 4.96. The van der Waals surface area contributed by atoms with Gasteiger partial charge in [0.05, 0.1) is 0 Å². The number of benzene rings is 1. The van der Waals surface area contributed by atoms with Crippen LogP contribution in [0, 0.1) is 19.3 Å². The molecule has 0 atom stereocenters. The van der Waals surface area contributed by atoms with Gasteiger partial charge in [0.1, 0.15) is 0 Å². The standard InChI is InChI=1S/C15H25N/c1-5-15(6-2,11-16)10-14-12(3)8-7-9-13(14)4/h7-9H,5-6,10-11,16H2,1-4H3. The van der Waals surface area contributed by atoms with Crippen LogP contribution < -0.4 is 5.73 Å². The van der Waals surface area contributed by atoms with E-state index in [1.165, 1.54) is 16.7 Å². The summed E-state index contributed by atoms with van der Waals surface area (Å²) in [5.74, 6) is 0. The summed E-state index contributed by atoms with van der Waals surface area (Å²) >= 11 is 0. The molecular weight excluding hydrogens is 194 g/mol. The van der Waals surface area contributed by atoms with Crippen molar-refractivity contribution >= 4 is 0 Å². The van der Waals surface area contributed by atoms with Gasteiger partial charge in [-0.1, -0.05) is 32.0 Å². The van der Waals surface area contributed by atoms with Gasteiger partial charge in [-0.15, -0.1) is 0 Å². The Labute approximate surface area is 100 Å². The maximum Gasteiger partial charge on any atom is -0.00175 e. The molecule has 0 unspecified atom stereocenters. The minimum Gasteiger partial charge on any atom is -0.330 e. The van der Waals surface area contributed by atoms with E-state index in [2.05, 4.69) is 45.9 Å². The molecule has 0 aliphatic heterocycles. The summed E-state index contributed by atoms with van der Waals surface area (Å²) in [6.07, 6.45) is 3.44. The van der Waals surface area contributed by atoms with E-state index in [-0.39, 0.29) is 5.41 Å². The monoisotopic (exact) mass is 219 g/mol. The number of aryl methyl sites for hydroxylation is 2. The lowest BCUT2D eigenvalue weighted by Crippen LogP contribution is -2.32. The predicted molar refractivity (Wildman–Crippen MR) is 71.7 cm³/mol. The Morgan fingerprint density at radius 3 is 1.94 bits per heavy atom. The third kappa shape index (κ3) is 2.65. The van der Waals surface area contributed by atoms with Crippen molar-refractivity contribution in [3.63, 3.8) is 0 Å². The van der Waals surface area contributed by atoms with Crippen LogP contribution in [0.4, 0.5) is 0 Å². The molecule has 1 heteroatoms. The largest absolute Gasteiger partial charge is 0.330 e. The SMILES string of the molecule is CCC(CC)(CN)Cc1c(C)cccc1C. The lowest BCUT2D eigenvalue weighted by Gasteiger charge is -2.31. The van der Waals surface area contributed by atoms with Crippen LogP contribution in [0.1, 0.15) is 43.4 Å². The summed E-state index contributed by atoms with van der Waals surface area (Å²) in [7, 11) is 0. The summed E-state index contributed by atoms with van der Waals surface area (Å²) in [5.41, 5.74) is 10.6. The van der Waals surface area contributed by atoms with Crippen LogP contribution in [0.25, 0.3) is 0 Å². The van der Waals surface area contributed by atoms with Gasteiger partial charge >= 0.3 is 0 Å². The van der Waals surface area contributed by atoms with Gasteiger partial charge in [0.25, 0.3) is 0 Å². The minimum absolute atomic E-state index is 0.289. The molecule has 0 saturated carbocycles. The molecule has 0 spiro atoms. The first-order chi connectivity index (χ1) is 7.58. The van der Waals surface area contributed by atoms with Crippen LogP contribution in [0.2, 0.25) is 0 Å². The van der Waals surface area contributed by atoms with E-state index in [0.717, 1.165) is 25.8 Å². The maximum absolute atomic E-state index is 5.98. The molecule has 2 N–H and O–H groups in total. The van der Waals surface area contributed by atoms with E-state index in [1.807, 2.05) is 0 Å². The van der Waals surface area contributed by atoms with Crippen LogP contribution in [-0.2, 0) is 6.42 Å². The molecular formula is C15H25N. The number of nitrogens with two attached hydrogens (primary N) is 1. The lowest BCUT2D eigenvalue weighted by molar-refractivity contribution is 0.270. The van der Waals surface area contributed by atoms with Crippen molar-refractivity contribution in [3.05, 3.63) is 34.9 Å². The third-order valence-corrected chi connectivity index (χ3v) is 4.13. The zero-order chi connectivity index (χ0) is 12.2. The first kappa shape index (κ1) is 13.2. The van der Waals surface area contributed by atoms with Crippen LogP contribution in [0.3, 0.4) is 0 Å². The Bertz CT molecular complexity index is 309. The fourth-order valence-corrected chi connectivity index (χ4v) is 2.36. The topological polar surface area (TPSA) is 26.0 Å². The second kappa shape index (κ2) is 5.49. The van der Waals surface area contributed by atoms with Crippen LogP contribution in [0.5, 0.6) is 0 Å². The Kier molecular flexibility index (Phi) is 4.55. The summed E-state index contributed by atoms with van der Waals surface area (Å²) in [6, 6.07) is 6.54. The molecule has 1 nitrogen and oxygen atoms in total. The predicted octanol–water partition coefficient (Wildman–Crippen LogP) is 3.61. The first-order valence-electron chi connectivity index (χ1n) is 6.33. The van der Waals surface area contributed by atoms with Crippen molar-refractivity contribution in [1.82, 2.24) is 0 Å². The summed E-state index contributed by atoms with van der Waals surface area (Å²) in [4.78, 5) is 0. The number of hydrogen-bond acceptors (Lipinski definition) is 1. The van der Waals surface area contributed by atoms with Crippen LogP contribution in [-0.4, -0.2) is 6.54 Å². The van der Waals surface area contributed by atoms with E-state index >= 15 is 0 Å². The van der Waals surface area contributed by atoms with Crippen LogP contribution in [0.15, 0.2) is 18.2 Å². The lowest BCUT2D eigenvalue weighted by atomic mass is 9.75. The van der Waals surface area contributed by atoms with Crippen molar-refractivity contribution < 1.29 is 0 Å². The molecule has 0 radical (unpaired) electrons. The Balaban J connectivity index is 3.02. The van der Waals surface area contributed by atoms with Crippen molar-refractivity contribution in [2.75, 3.05) is 6.54 Å². The zero-order valence-electron chi connectivity index (χ0n) is 11.1. The fraction of sp³-hybridized carbons (Fsp3) is 0.600. The molecule has 0 aliphatic carbocycles. The second-order valence-corrected chi connectivity index (χ2v) is 4.96. The zero-order valence-corrected chi connectivity index (χ0v) is 11.1. The molecule has 16 heavy (non-hydrogen) atoms. The molecule has 0 aliphatic rings. The number of rotatable bonds is 5. The Morgan fingerprint density at radius 1 is 1.06 bits per heavy atom. The highest BCUT2D eigenvalue weighted by molar-refractivity contribution is 5.34. The van der Waals surface area contributed by atoms with Gasteiger partial charge in [-0.25, -0.2) is 0 Å². The van der Waals surface area contributed by atoms with Crippen molar-refractivity contribution in [1.29, 1.82) is 0 Å². The van der Waals surface area contributed by atoms with E-state index in [4.69, 9.17) is 5.73 Å². The molecule has 0 saturated heterocycles. The van der Waals surface area contributed by atoms with Gasteiger partial charge in [0.15, 0.2) is 0 Å². The molecule has 0 bridgehead atoms. The third-order valence-electron chi connectivity index (χ3n) is 4.13. The van der Waals surface area contributed by atoms with E-state index < -0.39 is 0 Å². The van der Waals surface area contributed by atoms with Crippen molar-refractivity contribution in [2.45, 2.75) is 47.0 Å². The van der Waals surface area contributed by atoms with E-state index in [0.29, 0.717) is 0 Å². The summed E-state index contributed by atoms with van der Waals surface area (Å²) in [5, 5.41) is 0. The number of hydrogen-bond donors (Lipinski definition) is 1. The van der Waals surface area contributed by atoms with Gasteiger partial charge in [-0.05, 0) is 61.8 Å². The Hall–Kier alpha value is -0.820. The van der Waals surface area contributed by atoms with Gasteiger partial charge in [0, 0.05) is 0 Å². The van der Waals surface area contributed by atoms with Gasteiger partial charge in [-0.2, -0.15) is 0 Å². The first-order valence-corrected chi connectivity index (χ1v) is 6.33. The highest BCUT2D eigenvalue weighted by Crippen LogP contribution is 2.32. The van der Waals surface area contributed by atoms with Crippen molar-refractivity contribution in [3.8, 4) is 0 Å². The highest BCUT2D eigenvalue weighted by Gasteiger charge is 2.25. The van der Waals surface area contributed by atoms with Gasteiger partial charge in [-0.3, -0.25) is 0 Å². The quantitative estimate of drug-likeness (QED) is 0.804. The molecule has 0 fully saturated rings. The highest BCUT2D eigenvalue weighted by atomic mass is 14.6. The molecule has 90 valence electrons. The van der Waals surface area contributed by atoms with Gasteiger partial charge < -0.3 is 5.73 Å². The molecule has 0 amide bonds. The van der Waals surface area contributed by atoms with Crippen molar-refractivity contribution in [2.24, 2.45) is 11.1 Å². The maximum atomic E-state index is 5.98. The van der Waals surface area contributed by atoms with E-state index in [9.17, 15) is 0 Å². The Morgan fingerprint density at radius 2 is 1.56 bits per heavy atom. The average molecular weight is 219 g/mol. The summed E-state index contributed by atoms with van der Waals surface area (Å²) in [6.45, 7) is 9.70.